The zero-order valence-electron chi connectivity index (χ0n) is 29.2. The number of carboxylic acids is 1. The lowest BCUT2D eigenvalue weighted by Crippen LogP contribution is -2.53. The number of ether oxygens (including phenoxy) is 2. The fraction of sp³-hybridized carbons (Fsp3) is 0.550. The first-order valence-electron chi connectivity index (χ1n) is 17.8. The third-order valence-corrected chi connectivity index (χ3v) is 11.5. The molecule has 3 aliphatic rings. The van der Waals surface area contributed by atoms with E-state index in [0.717, 1.165) is 55.8 Å². The summed E-state index contributed by atoms with van der Waals surface area (Å²) in [7, 11) is 4.12. The van der Waals surface area contributed by atoms with Crippen LogP contribution >= 0.6 is 11.6 Å². The Labute approximate surface area is 291 Å². The van der Waals surface area contributed by atoms with E-state index in [4.69, 9.17) is 21.1 Å². The summed E-state index contributed by atoms with van der Waals surface area (Å²) in [5.74, 6) is 2.25. The summed E-state index contributed by atoms with van der Waals surface area (Å²) >= 11 is 6.28. The number of carboxylic acid groups (broad SMARTS) is 1. The standard InChI is InChI=1S/C40H52ClN3O4/c1-26(25-47-36-14-19-42-35-11-6-8-27(2)37(35)36)20-30-21-29-12-13-33(48-28(3)24-44(4)5)23-34(29)39(30)15-17-40(18-16-39,38(45)46)43-32-10-7-9-31(41)22-32/h7,9-10,12-14,19,22-23,26-28,30,43H,6,8,11,15-18,20-21,24-25H2,1-5H3,(H,45,46)/t26-,27-,28+,30?,39?,40?/m1/s1. The van der Waals surface area contributed by atoms with Crippen molar-refractivity contribution in [1.29, 1.82) is 0 Å². The predicted octanol–water partition coefficient (Wildman–Crippen LogP) is 8.53. The van der Waals surface area contributed by atoms with E-state index < -0.39 is 11.5 Å². The first kappa shape index (κ1) is 34.6. The number of likely N-dealkylation sites (N-methyl/N-ethyl adjacent to an activating group) is 1. The minimum absolute atomic E-state index is 0.0536. The van der Waals surface area contributed by atoms with Crippen molar-refractivity contribution in [1.82, 2.24) is 9.88 Å². The molecule has 1 aromatic heterocycles. The van der Waals surface area contributed by atoms with Crippen LogP contribution in [-0.2, 0) is 23.1 Å². The molecule has 0 aliphatic heterocycles. The Morgan fingerprint density at radius 2 is 1.92 bits per heavy atom. The number of halogens is 1. The van der Waals surface area contributed by atoms with Crippen LogP contribution in [0.4, 0.5) is 5.69 Å². The van der Waals surface area contributed by atoms with Gasteiger partial charge in [-0.15, -0.1) is 0 Å². The van der Waals surface area contributed by atoms with E-state index in [-0.39, 0.29) is 11.5 Å². The van der Waals surface area contributed by atoms with Crippen LogP contribution < -0.4 is 14.8 Å². The second-order valence-electron chi connectivity index (χ2n) is 15.2. The number of benzene rings is 2. The molecule has 8 heteroatoms. The van der Waals surface area contributed by atoms with Crippen molar-refractivity contribution >= 4 is 23.3 Å². The van der Waals surface area contributed by atoms with Crippen molar-refractivity contribution in [2.24, 2.45) is 11.8 Å². The molecule has 0 radical (unpaired) electrons. The van der Waals surface area contributed by atoms with Crippen molar-refractivity contribution in [3.05, 3.63) is 82.1 Å². The molecule has 0 saturated heterocycles. The molecule has 1 spiro atoms. The Balaban J connectivity index is 1.24. The van der Waals surface area contributed by atoms with Crippen LogP contribution in [0.15, 0.2) is 54.7 Å². The van der Waals surface area contributed by atoms with E-state index in [1.807, 2.05) is 36.5 Å². The molecule has 3 aliphatic carbocycles. The van der Waals surface area contributed by atoms with E-state index in [1.165, 1.54) is 35.2 Å². The van der Waals surface area contributed by atoms with Gasteiger partial charge in [-0.3, -0.25) is 4.98 Å². The number of pyridine rings is 1. The van der Waals surface area contributed by atoms with Gasteiger partial charge in [-0.25, -0.2) is 4.79 Å². The Hall–Kier alpha value is -3.29. The number of fused-ring (bicyclic) bond motifs is 3. The molecule has 2 N–H and O–H groups in total. The maximum atomic E-state index is 12.9. The fourth-order valence-electron chi connectivity index (χ4n) is 8.93. The minimum atomic E-state index is -1.05. The fourth-order valence-corrected chi connectivity index (χ4v) is 9.12. The molecule has 3 aromatic rings. The molecule has 7 nitrogen and oxygen atoms in total. The molecule has 1 heterocycles. The summed E-state index contributed by atoms with van der Waals surface area (Å²) in [6.07, 6.45) is 9.94. The maximum absolute atomic E-state index is 12.9. The zero-order chi connectivity index (χ0) is 34.1. The number of hydrogen-bond donors (Lipinski definition) is 2. The summed E-state index contributed by atoms with van der Waals surface area (Å²) in [5.41, 5.74) is 4.75. The average Bonchev–Trinajstić information content (AvgIpc) is 3.32. The number of carbonyl (C=O) groups is 1. The highest BCUT2D eigenvalue weighted by atomic mass is 35.5. The van der Waals surface area contributed by atoms with Crippen LogP contribution in [0.5, 0.6) is 11.5 Å². The van der Waals surface area contributed by atoms with Gasteiger partial charge in [0.1, 0.15) is 23.1 Å². The number of rotatable bonds is 12. The van der Waals surface area contributed by atoms with Crippen LogP contribution in [0, 0.1) is 11.8 Å². The Kier molecular flexibility index (Phi) is 10.3. The molecule has 48 heavy (non-hydrogen) atoms. The number of aryl methyl sites for hydroxylation is 1. The summed E-state index contributed by atoms with van der Waals surface area (Å²) < 4.78 is 13.0. The highest BCUT2D eigenvalue weighted by Crippen LogP contribution is 2.57. The van der Waals surface area contributed by atoms with E-state index in [9.17, 15) is 9.90 Å². The number of aromatic nitrogens is 1. The van der Waals surface area contributed by atoms with Crippen LogP contribution in [0.3, 0.4) is 0 Å². The maximum Gasteiger partial charge on any atom is 0.329 e. The van der Waals surface area contributed by atoms with Crippen LogP contribution in [0.25, 0.3) is 0 Å². The van der Waals surface area contributed by atoms with Crippen molar-refractivity contribution < 1.29 is 19.4 Å². The molecular weight excluding hydrogens is 622 g/mol. The third-order valence-electron chi connectivity index (χ3n) is 11.2. The summed E-state index contributed by atoms with van der Waals surface area (Å²) in [6, 6.07) is 16.1. The molecule has 1 fully saturated rings. The number of nitrogens with zero attached hydrogens (tertiary/aromatic N) is 2. The molecule has 1 unspecified atom stereocenters. The Morgan fingerprint density at radius 1 is 1.12 bits per heavy atom. The van der Waals surface area contributed by atoms with Gasteiger partial charge in [-0.1, -0.05) is 37.6 Å². The smallest absolute Gasteiger partial charge is 0.329 e. The van der Waals surface area contributed by atoms with Crippen molar-refractivity contribution in [3.63, 3.8) is 0 Å². The van der Waals surface area contributed by atoms with Crippen molar-refractivity contribution in [3.8, 4) is 11.5 Å². The van der Waals surface area contributed by atoms with Gasteiger partial charge < -0.3 is 24.8 Å². The molecule has 0 bridgehead atoms. The first-order chi connectivity index (χ1) is 23.0. The van der Waals surface area contributed by atoms with Gasteiger partial charge in [-0.2, -0.15) is 0 Å². The van der Waals surface area contributed by atoms with E-state index in [0.29, 0.717) is 42.2 Å². The Bertz CT molecular complexity index is 1600. The zero-order valence-corrected chi connectivity index (χ0v) is 30.0. The summed E-state index contributed by atoms with van der Waals surface area (Å²) in [4.78, 5) is 19.7. The topological polar surface area (TPSA) is 83.9 Å². The van der Waals surface area contributed by atoms with Crippen molar-refractivity contribution in [2.45, 2.75) is 102 Å². The second-order valence-corrected chi connectivity index (χ2v) is 15.6. The second kappa shape index (κ2) is 14.3. The predicted molar refractivity (Wildman–Crippen MR) is 193 cm³/mol. The number of anilines is 1. The number of nitrogens with one attached hydrogen (secondary N) is 1. The number of aliphatic carboxylic acids is 1. The summed E-state index contributed by atoms with van der Waals surface area (Å²) in [5, 5.41) is 14.6. The molecule has 2 aromatic carbocycles. The lowest BCUT2D eigenvalue weighted by molar-refractivity contribution is -0.144. The molecule has 0 amide bonds. The van der Waals surface area contributed by atoms with Gasteiger partial charge in [-0.05, 0) is 150 Å². The molecular formula is C40H52ClN3O4. The van der Waals surface area contributed by atoms with E-state index in [2.05, 4.69) is 68.3 Å². The first-order valence-corrected chi connectivity index (χ1v) is 18.2. The number of hydrogen-bond acceptors (Lipinski definition) is 6. The molecule has 6 rings (SSSR count). The lowest BCUT2D eigenvalue weighted by Gasteiger charge is -2.47. The van der Waals surface area contributed by atoms with E-state index in [1.54, 1.807) is 0 Å². The van der Waals surface area contributed by atoms with Crippen LogP contribution in [0.2, 0.25) is 5.02 Å². The summed E-state index contributed by atoms with van der Waals surface area (Å²) in [6.45, 7) is 8.18. The van der Waals surface area contributed by atoms with Gasteiger partial charge in [0.05, 0.1) is 6.61 Å². The molecule has 4 atom stereocenters. The third kappa shape index (κ3) is 7.18. The Morgan fingerprint density at radius 3 is 2.65 bits per heavy atom. The van der Waals surface area contributed by atoms with Crippen LogP contribution in [0.1, 0.15) is 94.0 Å². The largest absolute Gasteiger partial charge is 0.493 e. The van der Waals surface area contributed by atoms with Crippen LogP contribution in [-0.4, -0.2) is 59.8 Å². The van der Waals surface area contributed by atoms with Gasteiger partial charge in [0, 0.05) is 34.7 Å². The average molecular weight is 674 g/mol. The highest BCUT2D eigenvalue weighted by molar-refractivity contribution is 6.30. The van der Waals surface area contributed by atoms with Gasteiger partial charge >= 0.3 is 5.97 Å². The monoisotopic (exact) mass is 673 g/mol. The normalized spacial score (nSPS) is 26.1. The van der Waals surface area contributed by atoms with Gasteiger partial charge in [0.25, 0.3) is 0 Å². The van der Waals surface area contributed by atoms with Gasteiger partial charge in [0.15, 0.2) is 0 Å². The highest BCUT2D eigenvalue weighted by Gasteiger charge is 2.54. The lowest BCUT2D eigenvalue weighted by atomic mass is 9.59. The quantitative estimate of drug-likeness (QED) is 0.199. The molecule has 1 saturated carbocycles. The van der Waals surface area contributed by atoms with Crippen molar-refractivity contribution in [2.75, 3.05) is 32.6 Å². The van der Waals surface area contributed by atoms with E-state index >= 15 is 0 Å². The van der Waals surface area contributed by atoms with Gasteiger partial charge in [0.2, 0.25) is 0 Å². The SMILES string of the molecule is C[C@@H](COc1ccnc2c1[C@H](C)CCC2)CC1Cc2ccc(O[C@@H](C)CN(C)C)cc2C12CCC(Nc1cccc(Cl)c1)(C(=O)O)CC2. The molecule has 258 valence electrons. The minimum Gasteiger partial charge on any atom is -0.493 e.